The minimum atomic E-state index is -1.24. The fraction of sp³-hybridized carbons (Fsp3) is 0.148. The molecule has 184 valence electrons. The van der Waals surface area contributed by atoms with Gasteiger partial charge in [0.15, 0.2) is 4.80 Å². The molecule has 0 radical (unpaired) electrons. The van der Waals surface area contributed by atoms with E-state index in [1.54, 1.807) is 41.8 Å². The Morgan fingerprint density at radius 2 is 1.81 bits per heavy atom. The summed E-state index contributed by atoms with van der Waals surface area (Å²) in [6.07, 6.45) is 1.68. The monoisotopic (exact) mass is 512 g/mol. The van der Waals surface area contributed by atoms with E-state index in [1.807, 2.05) is 42.5 Å². The number of aromatic nitrogens is 1. The van der Waals surface area contributed by atoms with E-state index in [-0.39, 0.29) is 17.2 Å². The van der Waals surface area contributed by atoms with Crippen LogP contribution >= 0.6 is 11.3 Å². The van der Waals surface area contributed by atoms with E-state index < -0.39 is 22.6 Å². The van der Waals surface area contributed by atoms with Gasteiger partial charge in [0.05, 0.1) is 15.5 Å². The molecule has 0 saturated heterocycles. The number of nitrogens with zero attached hydrogens (tertiary/aromatic N) is 3. The van der Waals surface area contributed by atoms with E-state index in [0.29, 0.717) is 26.3 Å². The second kappa shape index (κ2) is 8.52. The highest BCUT2D eigenvalue weighted by molar-refractivity contribution is 7.07. The summed E-state index contributed by atoms with van der Waals surface area (Å²) in [5, 5.41) is 13.9. The van der Waals surface area contributed by atoms with Crippen LogP contribution in [-0.2, 0) is 4.79 Å². The average Bonchev–Trinajstić information content (AvgIpc) is 3.17. The van der Waals surface area contributed by atoms with Gasteiger partial charge in [-0.15, -0.1) is 0 Å². The number of carbonyl (C=O) groups excluding carboxylic acids is 1. The van der Waals surface area contributed by atoms with Crippen molar-refractivity contribution in [2.45, 2.75) is 18.7 Å². The predicted molar refractivity (Wildman–Crippen MR) is 138 cm³/mol. The molecule has 1 N–H and O–H groups in total. The number of benzene rings is 3. The zero-order chi connectivity index (χ0) is 25.7. The van der Waals surface area contributed by atoms with Crippen molar-refractivity contribution in [3.05, 3.63) is 120 Å². The maximum atomic E-state index is 13.7. The molecule has 9 nitrogen and oxygen atoms in total. The van der Waals surface area contributed by atoms with Crippen LogP contribution in [0, 0.1) is 16.0 Å². The lowest BCUT2D eigenvalue weighted by molar-refractivity contribution is -0.384. The lowest BCUT2D eigenvalue weighted by Gasteiger charge is -2.45. The van der Waals surface area contributed by atoms with Gasteiger partial charge < -0.3 is 10.1 Å². The van der Waals surface area contributed by atoms with E-state index in [4.69, 9.17) is 9.73 Å². The van der Waals surface area contributed by atoms with E-state index in [9.17, 15) is 19.7 Å². The summed E-state index contributed by atoms with van der Waals surface area (Å²) >= 11 is 1.20. The Morgan fingerprint density at radius 3 is 2.54 bits per heavy atom. The lowest BCUT2D eigenvalue weighted by atomic mass is 9.80. The second-order valence-electron chi connectivity index (χ2n) is 9.00. The first kappa shape index (κ1) is 22.9. The molecule has 2 bridgehead atoms. The summed E-state index contributed by atoms with van der Waals surface area (Å²) in [6.45, 7) is 1.76. The van der Waals surface area contributed by atoms with E-state index in [1.165, 1.54) is 23.5 Å². The normalized spacial score (nSPS) is 21.7. The number of nitro benzene ring substituents is 1. The average molecular weight is 513 g/mol. The SMILES string of the molecule is C[C@@]12N=c3s/c(=C/c4ccc([N+](=O)[O-])cc4)c(=O)n3[C@@H](c3ccccc3O1)[C@H]2C(=O)Nc1ccccc1. The number of para-hydroxylation sites is 2. The van der Waals surface area contributed by atoms with Crippen LogP contribution in [0.25, 0.3) is 6.08 Å². The van der Waals surface area contributed by atoms with Crippen molar-refractivity contribution in [3.63, 3.8) is 0 Å². The van der Waals surface area contributed by atoms with E-state index >= 15 is 0 Å². The molecule has 4 aromatic rings. The largest absolute Gasteiger partial charge is 0.465 e. The van der Waals surface area contributed by atoms with Crippen LogP contribution in [0.15, 0.2) is 88.6 Å². The van der Waals surface area contributed by atoms with Crippen molar-refractivity contribution in [2.24, 2.45) is 10.9 Å². The Balaban J connectivity index is 1.51. The number of thiazole rings is 1. The third kappa shape index (κ3) is 3.82. The van der Waals surface area contributed by atoms with Gasteiger partial charge >= 0.3 is 0 Å². The number of anilines is 1. The third-order valence-corrected chi connectivity index (χ3v) is 7.59. The molecule has 2 aliphatic heterocycles. The Hall–Kier alpha value is -4.57. The Kier molecular flexibility index (Phi) is 5.27. The Bertz CT molecular complexity index is 1730. The van der Waals surface area contributed by atoms with Crippen LogP contribution < -0.4 is 24.9 Å². The number of amides is 1. The highest BCUT2D eigenvalue weighted by Crippen LogP contribution is 2.47. The summed E-state index contributed by atoms with van der Waals surface area (Å²) in [6, 6.07) is 21.8. The standard InChI is InChI=1S/C27H20N4O5S/c1-27-22(24(32)28-17-7-3-2-4-8-17)23(19-9-5-6-10-20(19)36-27)30-25(33)21(37-26(30)29-27)15-16-11-13-18(14-12-16)31(34)35/h2-15,22-23H,1H3,(H,28,32)/b21-15+/t22-,23-,27+/m0/s1. The summed E-state index contributed by atoms with van der Waals surface area (Å²) in [5.41, 5.74) is 0.454. The molecule has 3 atom stereocenters. The molecule has 1 amide bonds. The van der Waals surface area contributed by atoms with Crippen molar-refractivity contribution in [1.82, 2.24) is 4.57 Å². The molecular weight excluding hydrogens is 492 g/mol. The van der Waals surface area contributed by atoms with Crippen molar-refractivity contribution >= 4 is 34.7 Å². The Labute approximate surface area is 214 Å². The van der Waals surface area contributed by atoms with Crippen LogP contribution in [0.3, 0.4) is 0 Å². The number of nitrogens with one attached hydrogen (secondary N) is 1. The zero-order valence-corrected chi connectivity index (χ0v) is 20.3. The fourth-order valence-electron chi connectivity index (χ4n) is 4.93. The summed E-state index contributed by atoms with van der Waals surface area (Å²) < 4.78 is 8.29. The molecule has 2 aliphatic rings. The topological polar surface area (TPSA) is 116 Å². The predicted octanol–water partition coefficient (Wildman–Crippen LogP) is 3.23. The van der Waals surface area contributed by atoms with Crippen LogP contribution in [-0.4, -0.2) is 21.1 Å². The third-order valence-electron chi connectivity index (χ3n) is 6.61. The number of nitro groups is 1. The van der Waals surface area contributed by atoms with Crippen LogP contribution in [0.4, 0.5) is 11.4 Å². The highest BCUT2D eigenvalue weighted by Gasteiger charge is 2.55. The van der Waals surface area contributed by atoms with Gasteiger partial charge in [0.2, 0.25) is 11.6 Å². The number of ether oxygens (including phenoxy) is 1. The lowest BCUT2D eigenvalue weighted by Crippen LogP contribution is -2.59. The van der Waals surface area contributed by atoms with Crippen molar-refractivity contribution in [3.8, 4) is 5.75 Å². The minimum absolute atomic E-state index is 0.0305. The zero-order valence-electron chi connectivity index (χ0n) is 19.5. The fourth-order valence-corrected chi connectivity index (χ4v) is 6.03. The number of hydrogen-bond donors (Lipinski definition) is 1. The molecular formula is C27H20N4O5S. The first-order valence-electron chi connectivity index (χ1n) is 11.6. The van der Waals surface area contributed by atoms with Gasteiger partial charge in [-0.3, -0.25) is 24.3 Å². The molecule has 3 heterocycles. The minimum Gasteiger partial charge on any atom is -0.465 e. The second-order valence-corrected chi connectivity index (χ2v) is 10.0. The van der Waals surface area contributed by atoms with Gasteiger partial charge in [-0.25, -0.2) is 4.99 Å². The van der Waals surface area contributed by atoms with Crippen molar-refractivity contribution in [2.75, 3.05) is 5.32 Å². The molecule has 6 rings (SSSR count). The van der Waals surface area contributed by atoms with Crippen molar-refractivity contribution in [1.29, 1.82) is 0 Å². The molecule has 0 unspecified atom stereocenters. The number of fused-ring (bicyclic) bond motifs is 6. The first-order chi connectivity index (χ1) is 17.8. The van der Waals surface area contributed by atoms with Gasteiger partial charge in [-0.1, -0.05) is 47.7 Å². The van der Waals surface area contributed by atoms with Crippen molar-refractivity contribution < 1.29 is 14.5 Å². The number of non-ortho nitro benzene ring substituents is 1. The van der Waals surface area contributed by atoms with Gasteiger partial charge in [0, 0.05) is 23.4 Å². The molecule has 0 spiro atoms. The summed E-state index contributed by atoms with van der Waals surface area (Å²) in [7, 11) is 0. The van der Waals surface area contributed by atoms with Gasteiger partial charge in [0.25, 0.3) is 11.2 Å². The molecule has 1 aromatic heterocycles. The molecule has 10 heteroatoms. The molecule has 3 aromatic carbocycles. The number of carbonyl (C=O) groups is 1. The first-order valence-corrected chi connectivity index (χ1v) is 12.4. The van der Waals surface area contributed by atoms with E-state index in [2.05, 4.69) is 5.32 Å². The smallest absolute Gasteiger partial charge is 0.270 e. The van der Waals surface area contributed by atoms with E-state index in [0.717, 1.165) is 5.56 Å². The Morgan fingerprint density at radius 1 is 1.11 bits per heavy atom. The maximum absolute atomic E-state index is 13.7. The summed E-state index contributed by atoms with van der Waals surface area (Å²) in [4.78, 5) is 43.2. The van der Waals surface area contributed by atoms with Crippen LogP contribution in [0.1, 0.15) is 24.1 Å². The van der Waals surface area contributed by atoms with Gasteiger partial charge in [-0.2, -0.15) is 0 Å². The number of rotatable bonds is 4. The number of hydrogen-bond acceptors (Lipinski definition) is 7. The summed E-state index contributed by atoms with van der Waals surface area (Å²) in [5.74, 6) is -0.539. The highest BCUT2D eigenvalue weighted by atomic mass is 32.1. The maximum Gasteiger partial charge on any atom is 0.270 e. The quantitative estimate of drug-likeness (QED) is 0.333. The van der Waals surface area contributed by atoms with Crippen LogP contribution in [0.2, 0.25) is 0 Å². The molecule has 0 fully saturated rings. The van der Waals surface area contributed by atoms with Gasteiger partial charge in [0.1, 0.15) is 11.7 Å². The van der Waals surface area contributed by atoms with Gasteiger partial charge in [-0.05, 0) is 48.9 Å². The van der Waals surface area contributed by atoms with Crippen LogP contribution in [0.5, 0.6) is 5.75 Å². The molecule has 37 heavy (non-hydrogen) atoms. The molecule has 0 aliphatic carbocycles. The molecule has 0 saturated carbocycles.